The molecule has 0 aliphatic carbocycles. The highest BCUT2D eigenvalue weighted by molar-refractivity contribution is 6.37. The second-order valence-corrected chi connectivity index (χ2v) is 7.56. The molecule has 0 bridgehead atoms. The smallest absolute Gasteiger partial charge is 0.290 e. The van der Waals surface area contributed by atoms with Crippen LogP contribution >= 0.6 is 23.2 Å². The molecule has 154 valence electrons. The third-order valence-corrected chi connectivity index (χ3v) is 5.27. The van der Waals surface area contributed by atoms with Gasteiger partial charge < -0.3 is 10.3 Å². The first-order valence-electron chi connectivity index (χ1n) is 9.69. The minimum atomic E-state index is -0.337. The summed E-state index contributed by atoms with van der Waals surface area (Å²) in [5.74, 6) is 1.26. The summed E-state index contributed by atoms with van der Waals surface area (Å²) in [6.07, 6.45) is 2.05. The molecule has 1 amide bonds. The third-order valence-electron chi connectivity index (χ3n) is 4.66. The molecule has 0 saturated carbocycles. The molecule has 0 spiro atoms. The van der Waals surface area contributed by atoms with Gasteiger partial charge in [-0.25, -0.2) is 14.6 Å². The van der Waals surface area contributed by atoms with Gasteiger partial charge in [-0.1, -0.05) is 48.3 Å². The minimum Gasteiger partial charge on any atom is -0.349 e. The molecule has 9 heteroatoms. The number of rotatable bonds is 7. The average Bonchev–Trinajstić information content (AvgIpc) is 3.35. The van der Waals surface area contributed by atoms with E-state index in [1.54, 1.807) is 18.2 Å². The van der Waals surface area contributed by atoms with Gasteiger partial charge in [-0.3, -0.25) is 4.79 Å². The SMILES string of the molecule is CCc1nc(C(=O)NCCCc2nc3ccccc3[nH]2)nn1-c1c(Cl)cccc1Cl. The summed E-state index contributed by atoms with van der Waals surface area (Å²) >= 11 is 12.6. The lowest BCUT2D eigenvalue weighted by atomic mass is 10.3. The maximum atomic E-state index is 12.5. The number of carbonyl (C=O) groups is 1. The van der Waals surface area contributed by atoms with Crippen LogP contribution in [0.15, 0.2) is 42.5 Å². The van der Waals surface area contributed by atoms with E-state index in [9.17, 15) is 4.79 Å². The zero-order valence-corrected chi connectivity index (χ0v) is 17.8. The van der Waals surface area contributed by atoms with Gasteiger partial charge >= 0.3 is 0 Å². The van der Waals surface area contributed by atoms with Crippen molar-refractivity contribution >= 4 is 40.1 Å². The molecule has 4 rings (SSSR count). The van der Waals surface area contributed by atoms with Crippen LogP contribution in [-0.2, 0) is 12.8 Å². The van der Waals surface area contributed by atoms with Gasteiger partial charge in [0, 0.05) is 19.4 Å². The quantitative estimate of drug-likeness (QED) is 0.415. The largest absolute Gasteiger partial charge is 0.349 e. The molecule has 0 fully saturated rings. The number of benzene rings is 2. The molecule has 0 unspecified atom stereocenters. The summed E-state index contributed by atoms with van der Waals surface area (Å²) in [5, 5.41) is 8.10. The second-order valence-electron chi connectivity index (χ2n) is 6.75. The van der Waals surface area contributed by atoms with Gasteiger partial charge in [0.1, 0.15) is 17.3 Å². The first-order valence-corrected chi connectivity index (χ1v) is 10.4. The summed E-state index contributed by atoms with van der Waals surface area (Å²) in [6.45, 7) is 2.42. The molecule has 2 heterocycles. The number of aryl methyl sites for hydroxylation is 2. The Morgan fingerprint density at radius 2 is 1.87 bits per heavy atom. The van der Waals surface area contributed by atoms with E-state index in [2.05, 4.69) is 25.4 Å². The fraction of sp³-hybridized carbons (Fsp3) is 0.238. The van der Waals surface area contributed by atoms with Crippen LogP contribution in [0, 0.1) is 0 Å². The van der Waals surface area contributed by atoms with Gasteiger partial charge in [0.25, 0.3) is 5.91 Å². The Morgan fingerprint density at radius 1 is 1.10 bits per heavy atom. The molecular formula is C21H20Cl2N6O. The number of nitrogens with one attached hydrogen (secondary N) is 2. The lowest BCUT2D eigenvalue weighted by Crippen LogP contribution is -2.26. The number of H-pyrrole nitrogens is 1. The van der Waals surface area contributed by atoms with Crippen LogP contribution in [0.2, 0.25) is 10.0 Å². The number of fused-ring (bicyclic) bond motifs is 1. The molecule has 2 N–H and O–H groups in total. The van der Waals surface area contributed by atoms with Crippen LogP contribution < -0.4 is 5.32 Å². The number of para-hydroxylation sites is 3. The number of carbonyl (C=O) groups excluding carboxylic acids is 1. The number of amides is 1. The minimum absolute atomic E-state index is 0.0894. The summed E-state index contributed by atoms with van der Waals surface area (Å²) in [4.78, 5) is 24.7. The van der Waals surface area contributed by atoms with Crippen LogP contribution in [0.3, 0.4) is 0 Å². The Balaban J connectivity index is 1.40. The number of imidazole rings is 1. The predicted molar refractivity (Wildman–Crippen MR) is 118 cm³/mol. The van der Waals surface area contributed by atoms with E-state index >= 15 is 0 Å². The first-order chi connectivity index (χ1) is 14.6. The van der Waals surface area contributed by atoms with Crippen LogP contribution in [0.25, 0.3) is 16.7 Å². The fourth-order valence-corrected chi connectivity index (χ4v) is 3.76. The number of hydrogen-bond donors (Lipinski definition) is 2. The van der Waals surface area contributed by atoms with E-state index in [1.807, 2.05) is 31.2 Å². The first kappa shape index (κ1) is 20.4. The Bertz CT molecular complexity index is 1150. The summed E-state index contributed by atoms with van der Waals surface area (Å²) < 4.78 is 1.54. The van der Waals surface area contributed by atoms with Crippen LogP contribution in [-0.4, -0.2) is 37.2 Å². The lowest BCUT2D eigenvalue weighted by molar-refractivity contribution is 0.0943. The van der Waals surface area contributed by atoms with Gasteiger partial charge in [-0.05, 0) is 30.7 Å². The monoisotopic (exact) mass is 442 g/mol. The van der Waals surface area contributed by atoms with E-state index in [1.165, 1.54) is 4.68 Å². The zero-order valence-electron chi connectivity index (χ0n) is 16.3. The van der Waals surface area contributed by atoms with Crippen molar-refractivity contribution in [2.45, 2.75) is 26.2 Å². The Morgan fingerprint density at radius 3 is 2.60 bits per heavy atom. The highest BCUT2D eigenvalue weighted by Crippen LogP contribution is 2.28. The van der Waals surface area contributed by atoms with Crippen molar-refractivity contribution in [3.63, 3.8) is 0 Å². The van der Waals surface area contributed by atoms with Crippen LogP contribution in [0.1, 0.15) is 35.6 Å². The normalized spacial score (nSPS) is 11.2. The average molecular weight is 443 g/mol. The Kier molecular flexibility index (Phi) is 6.01. The maximum Gasteiger partial charge on any atom is 0.290 e. The van der Waals surface area contributed by atoms with Crippen LogP contribution in [0.5, 0.6) is 0 Å². The van der Waals surface area contributed by atoms with Crippen molar-refractivity contribution in [2.24, 2.45) is 0 Å². The van der Waals surface area contributed by atoms with E-state index in [0.29, 0.717) is 34.5 Å². The fourth-order valence-electron chi connectivity index (χ4n) is 3.20. The highest BCUT2D eigenvalue weighted by Gasteiger charge is 2.19. The van der Waals surface area contributed by atoms with Gasteiger partial charge in [0.2, 0.25) is 5.82 Å². The molecule has 7 nitrogen and oxygen atoms in total. The Labute approximate surface area is 183 Å². The number of aromatic amines is 1. The summed E-state index contributed by atoms with van der Waals surface area (Å²) in [5.41, 5.74) is 2.47. The number of nitrogens with zero attached hydrogens (tertiary/aromatic N) is 4. The van der Waals surface area contributed by atoms with Gasteiger partial charge in [-0.2, -0.15) is 0 Å². The van der Waals surface area contributed by atoms with Gasteiger partial charge in [0.15, 0.2) is 0 Å². The maximum absolute atomic E-state index is 12.5. The lowest BCUT2D eigenvalue weighted by Gasteiger charge is -2.08. The predicted octanol–water partition coefficient (Wildman–Crippen LogP) is 4.38. The summed E-state index contributed by atoms with van der Waals surface area (Å²) in [6, 6.07) is 13.1. The van der Waals surface area contributed by atoms with Crippen molar-refractivity contribution in [3.8, 4) is 5.69 Å². The molecule has 0 aliphatic rings. The molecule has 2 aromatic carbocycles. The molecule has 30 heavy (non-hydrogen) atoms. The molecule has 0 atom stereocenters. The molecule has 0 saturated heterocycles. The van der Waals surface area contributed by atoms with Gasteiger partial charge in [0.05, 0.1) is 21.1 Å². The van der Waals surface area contributed by atoms with Crippen molar-refractivity contribution in [3.05, 3.63) is 70.0 Å². The number of aromatic nitrogens is 5. The third kappa shape index (κ3) is 4.17. The number of halogens is 2. The topological polar surface area (TPSA) is 88.5 Å². The van der Waals surface area contributed by atoms with Gasteiger partial charge in [-0.15, -0.1) is 5.10 Å². The van der Waals surface area contributed by atoms with E-state index in [0.717, 1.165) is 29.7 Å². The zero-order chi connectivity index (χ0) is 21.1. The molecule has 2 aromatic heterocycles. The van der Waals surface area contributed by atoms with E-state index < -0.39 is 0 Å². The number of hydrogen-bond acceptors (Lipinski definition) is 4. The molecule has 4 aromatic rings. The van der Waals surface area contributed by atoms with E-state index in [-0.39, 0.29) is 11.7 Å². The van der Waals surface area contributed by atoms with Crippen molar-refractivity contribution in [1.82, 2.24) is 30.0 Å². The van der Waals surface area contributed by atoms with E-state index in [4.69, 9.17) is 23.2 Å². The second kappa shape index (κ2) is 8.85. The molecular weight excluding hydrogens is 423 g/mol. The standard InChI is InChI=1S/C21H20Cl2N6O/c1-2-18-27-20(28-29(18)19-13(22)7-5-8-14(19)23)21(30)24-12-6-11-17-25-15-9-3-4-10-16(15)26-17/h3-5,7-10H,2,6,11-12H2,1H3,(H,24,30)(H,25,26). The molecule has 0 aliphatic heterocycles. The molecule has 0 radical (unpaired) electrons. The van der Waals surface area contributed by atoms with Crippen molar-refractivity contribution in [1.29, 1.82) is 0 Å². The van der Waals surface area contributed by atoms with Crippen LogP contribution in [0.4, 0.5) is 0 Å². The van der Waals surface area contributed by atoms with Crippen molar-refractivity contribution in [2.75, 3.05) is 6.54 Å². The van der Waals surface area contributed by atoms with Crippen molar-refractivity contribution < 1.29 is 4.79 Å². The summed E-state index contributed by atoms with van der Waals surface area (Å²) in [7, 11) is 0. The highest BCUT2D eigenvalue weighted by atomic mass is 35.5. The Hall–Kier alpha value is -2.90.